The summed E-state index contributed by atoms with van der Waals surface area (Å²) in [6.07, 6.45) is 2.08. The summed E-state index contributed by atoms with van der Waals surface area (Å²) in [5.41, 5.74) is 4.31. The Kier molecular flexibility index (Phi) is 3.62. The molecule has 0 aliphatic carbocycles. The second kappa shape index (κ2) is 5.02. The molecule has 0 aromatic heterocycles. The lowest BCUT2D eigenvalue weighted by atomic mass is 10.0. The topological polar surface area (TPSA) is 20.3 Å². The molecule has 0 spiro atoms. The van der Waals surface area contributed by atoms with E-state index < -0.39 is 0 Å². The number of benzene rings is 1. The molecule has 1 aromatic carbocycles. The monoisotopic (exact) mass is 260 g/mol. The lowest BCUT2D eigenvalue weighted by molar-refractivity contribution is 0.799. The number of rotatable bonds is 2. The normalized spacial score (nSPS) is 16.8. The lowest BCUT2D eigenvalue weighted by Crippen LogP contribution is -2.18. The van der Waals surface area contributed by atoms with Crippen LogP contribution in [0.25, 0.3) is 5.70 Å². The fraction of sp³-hybridized carbons (Fsp3) is 0.267. The number of hydrogen-bond donors (Lipinski definition) is 0. The van der Waals surface area contributed by atoms with Gasteiger partial charge in [0, 0.05) is 17.6 Å². The fourth-order valence-electron chi connectivity index (χ4n) is 1.96. The molecule has 1 aliphatic rings. The average Bonchev–Trinajstić information content (AvgIpc) is 2.66. The van der Waals surface area contributed by atoms with E-state index in [1.54, 1.807) is 12.1 Å². The highest BCUT2D eigenvalue weighted by atomic mass is 32.2. The van der Waals surface area contributed by atoms with Crippen molar-refractivity contribution in [2.45, 2.75) is 27.7 Å². The van der Waals surface area contributed by atoms with Crippen LogP contribution in [-0.4, -0.2) is 4.31 Å². The highest BCUT2D eigenvalue weighted by molar-refractivity contribution is 7.80. The summed E-state index contributed by atoms with van der Waals surface area (Å²) in [4.78, 5) is 12.0. The van der Waals surface area contributed by atoms with Gasteiger partial charge in [0.15, 0.2) is 0 Å². The molecule has 0 saturated heterocycles. The fourth-order valence-corrected chi connectivity index (χ4v) is 3.15. The van der Waals surface area contributed by atoms with Gasteiger partial charge in [-0.3, -0.25) is 4.31 Å². The van der Waals surface area contributed by atoms with Crippen LogP contribution in [0.2, 0.25) is 0 Å². The molecule has 2 nitrogen and oxygen atoms in total. The maximum absolute atomic E-state index is 12.0. The molecule has 3 heteroatoms. The molecule has 2 rings (SSSR count). The molecule has 0 atom stereocenters. The summed E-state index contributed by atoms with van der Waals surface area (Å²) in [5.74, 6) is 0. The molecule has 0 radical (unpaired) electrons. The van der Waals surface area contributed by atoms with Gasteiger partial charge in [0.05, 0.1) is 5.43 Å². The molecular weight excluding hydrogens is 242 g/mol. The van der Waals surface area contributed by atoms with Crippen LogP contribution in [0.1, 0.15) is 33.3 Å². The summed E-state index contributed by atoms with van der Waals surface area (Å²) in [6, 6.07) is 7.25. The van der Waals surface area contributed by atoms with E-state index in [2.05, 4.69) is 31.2 Å². The minimum absolute atomic E-state index is 0.0886. The van der Waals surface area contributed by atoms with Crippen molar-refractivity contribution in [2.75, 3.05) is 0 Å². The van der Waals surface area contributed by atoms with Gasteiger partial charge < -0.3 is 4.79 Å². The van der Waals surface area contributed by atoms with Crippen LogP contribution in [-0.2, 0) is 11.9 Å². The predicted octanol–water partition coefficient (Wildman–Crippen LogP) is 3.02. The van der Waals surface area contributed by atoms with E-state index in [0.717, 1.165) is 23.2 Å². The Balaban J connectivity index is 2.58. The zero-order chi connectivity index (χ0) is 13.3. The van der Waals surface area contributed by atoms with E-state index in [4.69, 9.17) is 0 Å². The zero-order valence-corrected chi connectivity index (χ0v) is 12.1. The van der Waals surface area contributed by atoms with Crippen LogP contribution in [0.4, 0.5) is 0 Å². The van der Waals surface area contributed by atoms with Crippen molar-refractivity contribution in [1.29, 1.82) is 0 Å². The Hall–Kier alpha value is -1.48. The molecule has 1 heterocycles. The highest BCUT2D eigenvalue weighted by Gasteiger charge is 2.22. The number of allylic oxidation sites excluding steroid dienone is 2. The Morgan fingerprint density at radius 1 is 1.44 bits per heavy atom. The first kappa shape index (κ1) is 13.0. The SMILES string of the molecule is CC=C(C)N1[SH+][C-](C)C(C)=C1[c-]1ccccc1=O. The minimum Gasteiger partial charge on any atom is -0.313 e. The van der Waals surface area contributed by atoms with Crippen molar-refractivity contribution < 1.29 is 0 Å². The van der Waals surface area contributed by atoms with Crippen molar-refractivity contribution >= 4 is 17.6 Å². The molecule has 0 saturated carbocycles. The van der Waals surface area contributed by atoms with Gasteiger partial charge in [0.25, 0.3) is 0 Å². The Bertz CT molecular complexity index is 568. The minimum atomic E-state index is 0.0886. The van der Waals surface area contributed by atoms with Gasteiger partial charge in [-0.05, 0) is 19.1 Å². The Morgan fingerprint density at radius 2 is 2.17 bits per heavy atom. The van der Waals surface area contributed by atoms with Crippen LogP contribution in [0.15, 0.2) is 46.4 Å². The van der Waals surface area contributed by atoms with Gasteiger partial charge in [-0.15, -0.1) is 23.4 Å². The van der Waals surface area contributed by atoms with Crippen molar-refractivity contribution in [3.63, 3.8) is 0 Å². The maximum Gasteiger partial charge on any atom is 0.0891 e. The second-order valence-corrected chi connectivity index (χ2v) is 5.67. The van der Waals surface area contributed by atoms with Gasteiger partial charge in [0.1, 0.15) is 0 Å². The van der Waals surface area contributed by atoms with Crippen LogP contribution in [0, 0.1) is 5.25 Å². The van der Waals surface area contributed by atoms with Crippen LogP contribution in [0.5, 0.6) is 0 Å². The highest BCUT2D eigenvalue weighted by Crippen LogP contribution is 2.38. The summed E-state index contributed by atoms with van der Waals surface area (Å²) in [5, 5.41) is 1.30. The first-order valence-corrected chi connectivity index (χ1v) is 6.87. The van der Waals surface area contributed by atoms with Crippen LogP contribution < -0.4 is 5.43 Å². The van der Waals surface area contributed by atoms with E-state index in [0.29, 0.717) is 0 Å². The van der Waals surface area contributed by atoms with Crippen molar-refractivity contribution in [1.82, 2.24) is 4.31 Å². The molecule has 0 bridgehead atoms. The summed E-state index contributed by atoms with van der Waals surface area (Å²) >= 11 is 1.15. The van der Waals surface area contributed by atoms with Gasteiger partial charge in [-0.25, -0.2) is 5.57 Å². The van der Waals surface area contributed by atoms with E-state index in [9.17, 15) is 4.79 Å². The molecule has 0 fully saturated rings. The zero-order valence-electron chi connectivity index (χ0n) is 11.2. The third kappa shape index (κ3) is 2.10. The number of hydrogen-bond acceptors (Lipinski definition) is 2. The largest absolute Gasteiger partial charge is 0.313 e. The summed E-state index contributed by atoms with van der Waals surface area (Å²) in [7, 11) is 0. The van der Waals surface area contributed by atoms with Gasteiger partial charge in [-0.2, -0.15) is 6.07 Å². The molecule has 0 amide bonds. The third-order valence-electron chi connectivity index (χ3n) is 3.25. The lowest BCUT2D eigenvalue weighted by Gasteiger charge is -2.27. The van der Waals surface area contributed by atoms with Gasteiger partial charge in [0.2, 0.25) is 0 Å². The molecule has 1 aliphatic heterocycles. The van der Waals surface area contributed by atoms with Gasteiger partial charge in [-0.1, -0.05) is 26.0 Å². The smallest absolute Gasteiger partial charge is 0.0891 e. The summed E-state index contributed by atoms with van der Waals surface area (Å²) in [6.45, 7) is 8.31. The van der Waals surface area contributed by atoms with Crippen LogP contribution >= 0.6 is 0 Å². The van der Waals surface area contributed by atoms with E-state index >= 15 is 0 Å². The number of thiol groups is 1. The second-order valence-electron chi connectivity index (χ2n) is 4.40. The quantitative estimate of drug-likeness (QED) is 0.463. The molecule has 1 aromatic rings. The van der Waals surface area contributed by atoms with Crippen molar-refractivity contribution in [3.05, 3.63) is 62.6 Å². The van der Waals surface area contributed by atoms with E-state index in [1.165, 1.54) is 16.5 Å². The molecule has 18 heavy (non-hydrogen) atoms. The van der Waals surface area contributed by atoms with E-state index in [-0.39, 0.29) is 5.43 Å². The third-order valence-corrected chi connectivity index (χ3v) is 4.60. The first-order chi connectivity index (χ1) is 8.56. The first-order valence-electron chi connectivity index (χ1n) is 6.02. The average molecular weight is 260 g/mol. The summed E-state index contributed by atoms with van der Waals surface area (Å²) < 4.78 is 2.20. The number of para-hydroxylation sites is 1. The molecular formula is C15H18NOS-. The van der Waals surface area contributed by atoms with Crippen molar-refractivity contribution in [2.24, 2.45) is 0 Å². The van der Waals surface area contributed by atoms with Gasteiger partial charge >= 0.3 is 0 Å². The number of nitrogens with zero attached hydrogens (tertiary/aromatic N) is 1. The molecule has 0 unspecified atom stereocenters. The molecule has 0 N–H and O–H groups in total. The predicted molar refractivity (Wildman–Crippen MR) is 79.8 cm³/mol. The standard InChI is InChI=1S/C15H18NOS/c1-5-10(2)16-15(11(3)12(4)18-16)13-8-6-7-9-14(13)17/h5-9,18H,1-4H3/q-1. The van der Waals surface area contributed by atoms with E-state index in [1.807, 2.05) is 19.1 Å². The molecule has 96 valence electrons. The Labute approximate surface area is 113 Å². The Morgan fingerprint density at radius 3 is 2.78 bits per heavy atom. The van der Waals surface area contributed by atoms with Crippen LogP contribution in [0.3, 0.4) is 0 Å². The maximum atomic E-state index is 12.0. The van der Waals surface area contributed by atoms with Crippen molar-refractivity contribution in [3.8, 4) is 0 Å².